The van der Waals surface area contributed by atoms with Crippen LogP contribution < -0.4 is 10.7 Å². The molecule has 2 aromatic heterocycles. The molecule has 10 heteroatoms. The summed E-state index contributed by atoms with van der Waals surface area (Å²) in [7, 11) is 0. The molecule has 0 unspecified atom stereocenters. The van der Waals surface area contributed by atoms with Crippen molar-refractivity contribution >= 4 is 60.2 Å². The second-order valence-corrected chi connectivity index (χ2v) is 10.6. The summed E-state index contributed by atoms with van der Waals surface area (Å²) in [6.45, 7) is 11.6. The van der Waals surface area contributed by atoms with Crippen LogP contribution in [-0.2, 0) is 20.8 Å². The Labute approximate surface area is 248 Å². The van der Waals surface area contributed by atoms with Crippen LogP contribution in [0.25, 0.3) is 24.3 Å². The maximum absolute atomic E-state index is 11.7. The number of aldehydes is 2. The van der Waals surface area contributed by atoms with Crippen LogP contribution in [0.5, 0.6) is 0 Å². The molecular formula is C33H34N4O6. The van der Waals surface area contributed by atoms with Gasteiger partial charge in [0, 0.05) is 46.1 Å². The van der Waals surface area contributed by atoms with Gasteiger partial charge in [-0.25, -0.2) is 4.99 Å². The first kappa shape index (κ1) is 30.8. The van der Waals surface area contributed by atoms with E-state index < -0.39 is 11.9 Å². The zero-order valence-electron chi connectivity index (χ0n) is 24.6. The SMILES string of the molecule is C=Cc1[nH]c(/C=C2N=C(/C=c3\[nH]/c(=C\C4=NCC(C)=C4C=O)c(C)c3CCC(=O)O)C(CCC(=O)O)=C\2C)c(C)c1C=O. The lowest BCUT2D eigenvalue weighted by atomic mass is 9.99. The van der Waals surface area contributed by atoms with Crippen molar-refractivity contribution in [1.82, 2.24) is 9.97 Å². The Bertz CT molecular complexity index is 1840. The van der Waals surface area contributed by atoms with Gasteiger partial charge in [0.25, 0.3) is 0 Å². The Morgan fingerprint density at radius 1 is 0.860 bits per heavy atom. The minimum absolute atomic E-state index is 0.0896. The van der Waals surface area contributed by atoms with E-state index in [0.717, 1.165) is 46.0 Å². The molecule has 0 saturated heterocycles. The van der Waals surface area contributed by atoms with Crippen molar-refractivity contribution in [2.24, 2.45) is 9.98 Å². The molecule has 0 aliphatic carbocycles. The van der Waals surface area contributed by atoms with Gasteiger partial charge < -0.3 is 20.2 Å². The number of aliphatic imine (C=N–C) groups is 2. The highest BCUT2D eigenvalue weighted by atomic mass is 16.4. The molecule has 0 atom stereocenters. The van der Waals surface area contributed by atoms with Crippen molar-refractivity contribution in [2.75, 3.05) is 6.54 Å². The summed E-state index contributed by atoms with van der Waals surface area (Å²) < 4.78 is 0. The van der Waals surface area contributed by atoms with Crippen molar-refractivity contribution in [1.29, 1.82) is 0 Å². The number of aliphatic carboxylic acids is 2. The van der Waals surface area contributed by atoms with E-state index in [1.54, 1.807) is 12.2 Å². The van der Waals surface area contributed by atoms with E-state index in [4.69, 9.17) is 4.99 Å². The number of nitrogens with zero attached hydrogens (tertiary/aromatic N) is 2. The Kier molecular flexibility index (Phi) is 9.18. The van der Waals surface area contributed by atoms with Gasteiger partial charge >= 0.3 is 11.9 Å². The summed E-state index contributed by atoms with van der Waals surface area (Å²) in [6, 6.07) is 0. The molecule has 0 saturated carbocycles. The average Bonchev–Trinajstić information content (AvgIpc) is 3.65. The Morgan fingerprint density at radius 2 is 1.53 bits per heavy atom. The van der Waals surface area contributed by atoms with Gasteiger partial charge in [-0.2, -0.15) is 0 Å². The fourth-order valence-electron chi connectivity index (χ4n) is 5.33. The third kappa shape index (κ3) is 6.38. The molecule has 0 fully saturated rings. The summed E-state index contributed by atoms with van der Waals surface area (Å²) in [4.78, 5) is 62.2. The van der Waals surface area contributed by atoms with Crippen molar-refractivity contribution < 1.29 is 29.4 Å². The highest BCUT2D eigenvalue weighted by Gasteiger charge is 2.22. The number of carbonyl (C=O) groups excluding carboxylic acids is 2. The number of aromatic nitrogens is 2. The van der Waals surface area contributed by atoms with Gasteiger partial charge in [0.15, 0.2) is 12.6 Å². The molecule has 0 radical (unpaired) electrons. The van der Waals surface area contributed by atoms with E-state index in [9.17, 15) is 29.4 Å². The topological polar surface area (TPSA) is 165 Å². The number of H-pyrrole nitrogens is 2. The zero-order valence-corrected chi connectivity index (χ0v) is 24.6. The lowest BCUT2D eigenvalue weighted by Gasteiger charge is -2.04. The third-order valence-electron chi connectivity index (χ3n) is 7.89. The first-order valence-electron chi connectivity index (χ1n) is 13.8. The summed E-state index contributed by atoms with van der Waals surface area (Å²) in [6.07, 6.45) is 8.87. The molecule has 0 aromatic carbocycles. The number of aromatic amines is 2. The maximum atomic E-state index is 11.7. The van der Waals surface area contributed by atoms with Crippen molar-refractivity contribution in [3.63, 3.8) is 0 Å². The fourth-order valence-corrected chi connectivity index (χ4v) is 5.33. The molecule has 4 N–H and O–H groups in total. The largest absolute Gasteiger partial charge is 0.481 e. The van der Waals surface area contributed by atoms with E-state index in [0.29, 0.717) is 56.9 Å². The van der Waals surface area contributed by atoms with Gasteiger partial charge in [0.05, 0.1) is 23.7 Å². The van der Waals surface area contributed by atoms with Crippen LogP contribution in [0.15, 0.2) is 44.6 Å². The molecule has 43 heavy (non-hydrogen) atoms. The van der Waals surface area contributed by atoms with Crippen molar-refractivity contribution in [2.45, 2.75) is 53.4 Å². The predicted octanol–water partition coefficient (Wildman–Crippen LogP) is 3.64. The molecule has 0 amide bonds. The van der Waals surface area contributed by atoms with E-state index >= 15 is 0 Å². The van der Waals surface area contributed by atoms with E-state index in [2.05, 4.69) is 21.5 Å². The summed E-state index contributed by atoms with van der Waals surface area (Å²) in [5.41, 5.74) is 8.84. The molecule has 4 rings (SSSR count). The van der Waals surface area contributed by atoms with Gasteiger partial charge in [0.1, 0.15) is 0 Å². The third-order valence-corrected chi connectivity index (χ3v) is 7.89. The van der Waals surface area contributed by atoms with E-state index in [1.807, 2.05) is 39.8 Å². The molecule has 2 aromatic rings. The van der Waals surface area contributed by atoms with Gasteiger partial charge in [0.2, 0.25) is 0 Å². The van der Waals surface area contributed by atoms with Crippen LogP contribution >= 0.6 is 0 Å². The van der Waals surface area contributed by atoms with E-state index in [1.165, 1.54) is 0 Å². The van der Waals surface area contributed by atoms with Crippen LogP contribution in [0.3, 0.4) is 0 Å². The zero-order chi connectivity index (χ0) is 31.4. The van der Waals surface area contributed by atoms with Crippen LogP contribution in [0.4, 0.5) is 0 Å². The fraction of sp³-hybridized carbons (Fsp3) is 0.273. The van der Waals surface area contributed by atoms with Crippen LogP contribution in [0.2, 0.25) is 0 Å². The highest BCUT2D eigenvalue weighted by Crippen LogP contribution is 2.31. The van der Waals surface area contributed by atoms with Gasteiger partial charge in [-0.15, -0.1) is 0 Å². The van der Waals surface area contributed by atoms with Gasteiger partial charge in [-0.05, 0) is 98.3 Å². The molecule has 10 nitrogen and oxygen atoms in total. The Morgan fingerprint density at radius 3 is 2.14 bits per heavy atom. The molecule has 2 aliphatic heterocycles. The number of carboxylic acid groups (broad SMARTS) is 2. The average molecular weight is 583 g/mol. The smallest absolute Gasteiger partial charge is 0.303 e. The molecule has 0 bridgehead atoms. The monoisotopic (exact) mass is 582 g/mol. The van der Waals surface area contributed by atoms with Crippen LogP contribution in [0.1, 0.15) is 71.5 Å². The standard InChI is InChI=1S/C33H34N4O6/c1-6-25-24(16-39)20(5)27(35-25)11-26-18(3)21(7-9-32(40)41)30(36-26)13-31-22(8-10-33(42)43)19(4)28(37-31)12-29-23(15-38)17(2)14-34-29/h6,11-13,15-16,35,37H,1,7-10,14H2,2-5H3,(H,40,41)(H,42,43)/b26-11-,28-12-,31-13-. The second kappa shape index (κ2) is 12.8. The number of allylic oxidation sites excluding steroid dienone is 3. The first-order valence-corrected chi connectivity index (χ1v) is 13.8. The second-order valence-electron chi connectivity index (χ2n) is 10.6. The number of carboxylic acids is 2. The van der Waals surface area contributed by atoms with Crippen LogP contribution in [0, 0.1) is 13.8 Å². The summed E-state index contributed by atoms with van der Waals surface area (Å²) in [5, 5.41) is 20.2. The molecule has 222 valence electrons. The predicted molar refractivity (Wildman–Crippen MR) is 167 cm³/mol. The van der Waals surface area contributed by atoms with Gasteiger partial charge in [-0.3, -0.25) is 24.2 Å². The van der Waals surface area contributed by atoms with E-state index in [-0.39, 0.29) is 25.7 Å². The van der Waals surface area contributed by atoms with Gasteiger partial charge in [-0.1, -0.05) is 6.58 Å². The molecule has 0 spiro atoms. The molecule has 2 aliphatic rings. The number of hydrogen-bond donors (Lipinski definition) is 4. The minimum Gasteiger partial charge on any atom is -0.481 e. The number of carbonyl (C=O) groups is 4. The normalized spacial score (nSPS) is 16.8. The maximum Gasteiger partial charge on any atom is 0.303 e. The Hall–Kier alpha value is -5.12. The minimum atomic E-state index is -0.940. The van der Waals surface area contributed by atoms with Crippen molar-refractivity contribution in [3.05, 3.63) is 78.9 Å². The lowest BCUT2D eigenvalue weighted by molar-refractivity contribution is -0.137. The molecule has 4 heterocycles. The van der Waals surface area contributed by atoms with Crippen LogP contribution in [-0.4, -0.2) is 62.7 Å². The summed E-state index contributed by atoms with van der Waals surface area (Å²) >= 11 is 0. The lowest BCUT2D eigenvalue weighted by Crippen LogP contribution is -2.17. The first-order chi connectivity index (χ1) is 20.5. The number of hydrogen-bond acceptors (Lipinski definition) is 6. The highest BCUT2D eigenvalue weighted by molar-refractivity contribution is 6.30. The summed E-state index contributed by atoms with van der Waals surface area (Å²) in [5.74, 6) is -1.87. The van der Waals surface area contributed by atoms with Crippen molar-refractivity contribution in [3.8, 4) is 0 Å². The quantitative estimate of drug-likeness (QED) is 0.279. The Balaban J connectivity index is 1.90. The molecular weight excluding hydrogens is 548 g/mol. The number of nitrogens with one attached hydrogen (secondary N) is 2. The number of rotatable bonds is 12.